The van der Waals surface area contributed by atoms with Crippen molar-refractivity contribution in [2.24, 2.45) is 0 Å². The topological polar surface area (TPSA) is 12.9 Å². The molecule has 1 heterocycles. The smallest absolute Gasteiger partial charge is 0.256 e. The summed E-state index contributed by atoms with van der Waals surface area (Å²) in [6.07, 6.45) is -0.570. The van der Waals surface area contributed by atoms with Crippen molar-refractivity contribution in [3.8, 4) is 22.4 Å². The summed E-state index contributed by atoms with van der Waals surface area (Å²) in [6, 6.07) is 30.3. The standard InChI is InChI=1S/C32H23F2N/c1-19-13-20(2)15-27(14-19)31-30-10-8-25-17-24(7-9-28(25)29(30)11-12-35-31)21-3-4-23-18-26(32(33)34)6-5-22(23)16-21/h3-18,32H,1-2H3. The average molecular weight is 460 g/mol. The van der Waals surface area contributed by atoms with E-state index < -0.39 is 6.43 Å². The first kappa shape index (κ1) is 21.4. The Kier molecular flexibility index (Phi) is 5.07. The van der Waals surface area contributed by atoms with Crippen LogP contribution < -0.4 is 0 Å². The molecule has 0 N–H and O–H groups in total. The van der Waals surface area contributed by atoms with Gasteiger partial charge in [0.15, 0.2) is 0 Å². The average Bonchev–Trinajstić information content (AvgIpc) is 2.86. The number of rotatable bonds is 3. The molecule has 0 saturated carbocycles. The van der Waals surface area contributed by atoms with E-state index in [1.165, 1.54) is 28.0 Å². The van der Waals surface area contributed by atoms with Gasteiger partial charge < -0.3 is 0 Å². The van der Waals surface area contributed by atoms with Crippen LogP contribution in [-0.4, -0.2) is 4.98 Å². The monoisotopic (exact) mass is 459 g/mol. The lowest BCUT2D eigenvalue weighted by molar-refractivity contribution is 0.151. The van der Waals surface area contributed by atoms with E-state index in [0.29, 0.717) is 0 Å². The number of pyridine rings is 1. The maximum Gasteiger partial charge on any atom is 0.263 e. The van der Waals surface area contributed by atoms with Crippen molar-refractivity contribution in [3.63, 3.8) is 0 Å². The molecule has 0 unspecified atom stereocenters. The molecule has 0 fully saturated rings. The van der Waals surface area contributed by atoms with E-state index in [9.17, 15) is 8.78 Å². The molecule has 6 aromatic rings. The van der Waals surface area contributed by atoms with E-state index >= 15 is 0 Å². The first-order chi connectivity index (χ1) is 17.0. The summed E-state index contributed by atoms with van der Waals surface area (Å²) < 4.78 is 26.1. The molecular formula is C32H23F2N. The summed E-state index contributed by atoms with van der Waals surface area (Å²) in [7, 11) is 0. The molecule has 0 bridgehead atoms. The normalized spacial score (nSPS) is 11.7. The molecule has 0 radical (unpaired) electrons. The first-order valence-electron chi connectivity index (χ1n) is 11.7. The summed E-state index contributed by atoms with van der Waals surface area (Å²) >= 11 is 0. The van der Waals surface area contributed by atoms with Crippen molar-refractivity contribution in [3.05, 3.63) is 114 Å². The highest BCUT2D eigenvalue weighted by Crippen LogP contribution is 2.35. The number of alkyl halides is 2. The molecule has 1 nitrogen and oxygen atoms in total. The number of fused-ring (bicyclic) bond motifs is 4. The third-order valence-electron chi connectivity index (χ3n) is 6.71. The van der Waals surface area contributed by atoms with Crippen LogP contribution in [0.4, 0.5) is 8.78 Å². The van der Waals surface area contributed by atoms with Crippen LogP contribution in [0.1, 0.15) is 23.1 Å². The second-order valence-corrected chi connectivity index (χ2v) is 9.25. The fourth-order valence-electron chi connectivity index (χ4n) is 5.10. The number of aromatic nitrogens is 1. The fraction of sp³-hybridized carbons (Fsp3) is 0.0938. The zero-order valence-electron chi connectivity index (χ0n) is 19.5. The Labute approximate surface area is 202 Å². The Bertz CT molecular complexity index is 1730. The highest BCUT2D eigenvalue weighted by atomic mass is 19.3. The molecule has 5 aromatic carbocycles. The molecule has 0 saturated heterocycles. The van der Waals surface area contributed by atoms with E-state index in [-0.39, 0.29) is 5.56 Å². The second kappa shape index (κ2) is 8.28. The maximum atomic E-state index is 13.1. The van der Waals surface area contributed by atoms with Crippen molar-refractivity contribution in [2.45, 2.75) is 20.3 Å². The van der Waals surface area contributed by atoms with Crippen LogP contribution in [0.15, 0.2) is 97.2 Å². The van der Waals surface area contributed by atoms with Gasteiger partial charge in [-0.25, -0.2) is 8.78 Å². The lowest BCUT2D eigenvalue weighted by Gasteiger charge is -2.12. The van der Waals surface area contributed by atoms with Crippen LogP contribution in [0, 0.1) is 13.8 Å². The predicted octanol–water partition coefficient (Wildman–Crippen LogP) is 9.43. The third kappa shape index (κ3) is 3.83. The summed E-state index contributed by atoms with van der Waals surface area (Å²) in [5.74, 6) is 0. The van der Waals surface area contributed by atoms with Crippen molar-refractivity contribution < 1.29 is 8.78 Å². The SMILES string of the molecule is Cc1cc(C)cc(-c2nccc3c2ccc2cc(-c4ccc5cc(C(F)F)ccc5c4)ccc23)c1. The van der Waals surface area contributed by atoms with Crippen LogP contribution in [0.25, 0.3) is 54.7 Å². The van der Waals surface area contributed by atoms with Crippen molar-refractivity contribution in [2.75, 3.05) is 0 Å². The fourth-order valence-corrected chi connectivity index (χ4v) is 5.10. The van der Waals surface area contributed by atoms with E-state index in [0.717, 1.165) is 43.9 Å². The largest absolute Gasteiger partial charge is 0.263 e. The summed E-state index contributed by atoms with van der Waals surface area (Å²) in [5, 5.41) is 6.43. The third-order valence-corrected chi connectivity index (χ3v) is 6.71. The van der Waals surface area contributed by atoms with Gasteiger partial charge in [0.25, 0.3) is 6.43 Å². The molecule has 1 aromatic heterocycles. The minimum Gasteiger partial charge on any atom is -0.256 e. The molecule has 0 aliphatic rings. The molecule has 0 aliphatic carbocycles. The Balaban J connectivity index is 1.46. The molecule has 0 amide bonds. The number of hydrogen-bond acceptors (Lipinski definition) is 1. The van der Waals surface area contributed by atoms with Gasteiger partial charge in [-0.3, -0.25) is 4.98 Å². The van der Waals surface area contributed by atoms with Gasteiger partial charge in [-0.05, 0) is 88.3 Å². The first-order valence-corrected chi connectivity index (χ1v) is 11.7. The Morgan fingerprint density at radius 3 is 1.94 bits per heavy atom. The van der Waals surface area contributed by atoms with Crippen LogP contribution in [0.3, 0.4) is 0 Å². The van der Waals surface area contributed by atoms with Gasteiger partial charge in [0.2, 0.25) is 0 Å². The quantitative estimate of drug-likeness (QED) is 0.240. The van der Waals surface area contributed by atoms with Gasteiger partial charge >= 0.3 is 0 Å². The number of hydrogen-bond donors (Lipinski definition) is 0. The van der Waals surface area contributed by atoms with E-state index in [1.54, 1.807) is 12.1 Å². The van der Waals surface area contributed by atoms with Crippen LogP contribution in [-0.2, 0) is 0 Å². The predicted molar refractivity (Wildman–Crippen MR) is 142 cm³/mol. The van der Waals surface area contributed by atoms with Crippen molar-refractivity contribution >= 4 is 32.3 Å². The Morgan fingerprint density at radius 1 is 0.543 bits per heavy atom. The molecule has 0 aliphatic heterocycles. The zero-order valence-corrected chi connectivity index (χ0v) is 19.5. The zero-order chi connectivity index (χ0) is 24.1. The maximum absolute atomic E-state index is 13.1. The molecule has 35 heavy (non-hydrogen) atoms. The summed E-state index contributed by atoms with van der Waals surface area (Å²) in [5.41, 5.74) is 6.80. The number of benzene rings is 5. The molecule has 170 valence electrons. The summed E-state index contributed by atoms with van der Waals surface area (Å²) in [6.45, 7) is 4.23. The number of nitrogens with zero attached hydrogens (tertiary/aromatic N) is 1. The van der Waals surface area contributed by atoms with Crippen LogP contribution in [0.2, 0.25) is 0 Å². The van der Waals surface area contributed by atoms with Gasteiger partial charge in [0, 0.05) is 22.7 Å². The molecule has 6 rings (SSSR count). The molecule has 0 atom stereocenters. The Hall–Kier alpha value is -4.11. The van der Waals surface area contributed by atoms with Crippen LogP contribution >= 0.6 is 0 Å². The summed E-state index contributed by atoms with van der Waals surface area (Å²) in [4.78, 5) is 4.73. The van der Waals surface area contributed by atoms with E-state index in [1.807, 2.05) is 18.3 Å². The van der Waals surface area contributed by atoms with Crippen LogP contribution in [0.5, 0.6) is 0 Å². The molecule has 0 spiro atoms. The molecular weight excluding hydrogens is 436 g/mol. The van der Waals surface area contributed by atoms with Gasteiger partial charge in [-0.2, -0.15) is 0 Å². The minimum absolute atomic E-state index is 0.0533. The molecule has 3 heteroatoms. The lowest BCUT2D eigenvalue weighted by atomic mass is 9.94. The second-order valence-electron chi connectivity index (χ2n) is 9.25. The number of aryl methyl sites for hydroxylation is 2. The van der Waals surface area contributed by atoms with Crippen molar-refractivity contribution in [1.82, 2.24) is 4.98 Å². The number of halogens is 2. The van der Waals surface area contributed by atoms with Gasteiger partial charge in [-0.15, -0.1) is 0 Å². The van der Waals surface area contributed by atoms with Crippen molar-refractivity contribution in [1.29, 1.82) is 0 Å². The Morgan fingerprint density at radius 2 is 1.17 bits per heavy atom. The van der Waals surface area contributed by atoms with E-state index in [4.69, 9.17) is 4.98 Å². The van der Waals surface area contributed by atoms with Gasteiger partial charge in [-0.1, -0.05) is 65.7 Å². The highest BCUT2D eigenvalue weighted by molar-refractivity contribution is 6.12. The van der Waals surface area contributed by atoms with Gasteiger partial charge in [0.1, 0.15) is 0 Å². The highest BCUT2D eigenvalue weighted by Gasteiger charge is 2.11. The van der Waals surface area contributed by atoms with Gasteiger partial charge in [0.05, 0.1) is 5.69 Å². The lowest BCUT2D eigenvalue weighted by Crippen LogP contribution is -1.89. The minimum atomic E-state index is -2.46. The van der Waals surface area contributed by atoms with E-state index in [2.05, 4.69) is 74.5 Å².